The summed E-state index contributed by atoms with van der Waals surface area (Å²) in [5, 5.41) is 17.8. The maximum Gasteiger partial charge on any atom is 0.235 e. The number of hydrogen-bond donors (Lipinski definition) is 1. The van der Waals surface area contributed by atoms with Gasteiger partial charge in [0, 0.05) is 0 Å². The highest BCUT2D eigenvalue weighted by Crippen LogP contribution is 2.27. The van der Waals surface area contributed by atoms with Gasteiger partial charge in [0.15, 0.2) is 5.75 Å². The molecule has 0 aliphatic rings. The smallest absolute Gasteiger partial charge is 0.235 e. The van der Waals surface area contributed by atoms with Crippen LogP contribution >= 0.6 is 31.9 Å². The first-order chi connectivity index (χ1) is 9.47. The largest absolute Gasteiger partial charge is 0.503 e. The normalized spacial score (nSPS) is 10.9. The average molecular weight is 398 g/mol. The second kappa shape index (κ2) is 6.28. The molecule has 20 heavy (non-hydrogen) atoms. The van der Waals surface area contributed by atoms with E-state index >= 15 is 0 Å². The Labute approximate surface area is 132 Å². The molecule has 4 nitrogen and oxygen atoms in total. The average Bonchev–Trinajstić information content (AvgIpc) is 2.52. The van der Waals surface area contributed by atoms with Crippen molar-refractivity contribution in [3.8, 4) is 5.75 Å². The monoisotopic (exact) mass is 396 g/mol. The zero-order valence-electron chi connectivity index (χ0n) is 10.5. The summed E-state index contributed by atoms with van der Waals surface area (Å²) in [6.45, 7) is 1.99. The van der Waals surface area contributed by atoms with Gasteiger partial charge in [-0.1, -0.05) is 17.7 Å². The lowest BCUT2D eigenvalue weighted by Gasteiger charge is -1.93. The lowest BCUT2D eigenvalue weighted by molar-refractivity contribution is 0.467. The first-order valence-corrected chi connectivity index (χ1v) is 7.26. The molecule has 0 bridgehead atoms. The summed E-state index contributed by atoms with van der Waals surface area (Å²) in [5.74, 6) is -0.367. The maximum atomic E-state index is 11.7. The zero-order chi connectivity index (χ0) is 14.7. The minimum atomic E-state index is -0.506. The molecular weight excluding hydrogens is 388 g/mol. The fraction of sp³-hybridized carbons (Fsp3) is 0.0714. The topological polar surface area (TPSA) is 62.0 Å². The number of benzene rings is 1. The van der Waals surface area contributed by atoms with Crippen LogP contribution in [0.25, 0.3) is 0 Å². The Hall–Kier alpha value is -1.53. The third-order valence-electron chi connectivity index (χ3n) is 2.52. The first-order valence-electron chi connectivity index (χ1n) is 5.68. The molecular formula is C14H10Br2N2O2. The molecule has 0 aliphatic carbocycles. The second-order valence-electron chi connectivity index (χ2n) is 4.12. The van der Waals surface area contributed by atoms with E-state index < -0.39 is 5.43 Å². The van der Waals surface area contributed by atoms with Gasteiger partial charge in [0.2, 0.25) is 5.43 Å². The summed E-state index contributed by atoms with van der Waals surface area (Å²) in [7, 11) is 0. The highest BCUT2D eigenvalue weighted by Gasteiger charge is 2.06. The standard InChI is InChI=1S/C14H10Br2N2O2/c1-8-2-4-9(5-3-8)17-18-10-6-11(15)13(19)14(20)12(16)7-10/h2-7H,1H3,(H,19,20). The van der Waals surface area contributed by atoms with Crippen LogP contribution in [0.3, 0.4) is 0 Å². The van der Waals surface area contributed by atoms with Gasteiger partial charge in [-0.2, -0.15) is 10.2 Å². The highest BCUT2D eigenvalue weighted by atomic mass is 79.9. The SMILES string of the molecule is Cc1ccc(N=Nc2cc(Br)c(O)c(=O)c(Br)c2)cc1. The zero-order valence-corrected chi connectivity index (χ0v) is 13.6. The van der Waals surface area contributed by atoms with Crippen LogP contribution < -0.4 is 5.43 Å². The number of halogens is 2. The van der Waals surface area contributed by atoms with Crippen LogP contribution in [0.4, 0.5) is 11.4 Å². The Kier molecular flexibility index (Phi) is 4.67. The Morgan fingerprint density at radius 2 is 1.50 bits per heavy atom. The van der Waals surface area contributed by atoms with Gasteiger partial charge in [-0.3, -0.25) is 4.79 Å². The summed E-state index contributed by atoms with van der Waals surface area (Å²) >= 11 is 6.23. The summed E-state index contributed by atoms with van der Waals surface area (Å²) < 4.78 is 0.490. The van der Waals surface area contributed by atoms with Gasteiger partial charge >= 0.3 is 0 Å². The first kappa shape index (κ1) is 14.9. The molecule has 6 heteroatoms. The van der Waals surface area contributed by atoms with Gasteiger partial charge in [0.1, 0.15) is 0 Å². The van der Waals surface area contributed by atoms with E-state index in [0.29, 0.717) is 11.4 Å². The van der Waals surface area contributed by atoms with E-state index in [1.54, 1.807) is 0 Å². The molecule has 1 N–H and O–H groups in total. The maximum absolute atomic E-state index is 11.7. The van der Waals surface area contributed by atoms with Crippen LogP contribution in [0.5, 0.6) is 5.75 Å². The molecule has 0 amide bonds. The van der Waals surface area contributed by atoms with Gasteiger partial charge in [0.25, 0.3) is 0 Å². The molecule has 0 spiro atoms. The van der Waals surface area contributed by atoms with E-state index in [0.717, 1.165) is 5.56 Å². The molecule has 2 aromatic rings. The van der Waals surface area contributed by atoms with E-state index in [4.69, 9.17) is 0 Å². The molecule has 0 saturated carbocycles. The van der Waals surface area contributed by atoms with Crippen molar-refractivity contribution in [1.29, 1.82) is 0 Å². The molecule has 2 rings (SSSR count). The van der Waals surface area contributed by atoms with Crippen molar-refractivity contribution in [2.24, 2.45) is 10.2 Å². The fourth-order valence-electron chi connectivity index (χ4n) is 1.44. The number of nitrogens with zero attached hydrogens (tertiary/aromatic N) is 2. The predicted octanol–water partition coefficient (Wildman–Crippen LogP) is 5.00. The molecule has 0 atom stereocenters. The second-order valence-corrected chi connectivity index (χ2v) is 5.83. The minimum Gasteiger partial charge on any atom is -0.503 e. The quantitative estimate of drug-likeness (QED) is 0.724. The number of azo groups is 1. The Morgan fingerprint density at radius 3 is 2.15 bits per heavy atom. The van der Waals surface area contributed by atoms with E-state index in [9.17, 15) is 9.90 Å². The summed E-state index contributed by atoms with van der Waals surface area (Å²) in [5.41, 5.74) is 1.79. The van der Waals surface area contributed by atoms with Crippen LogP contribution in [-0.4, -0.2) is 5.11 Å². The number of rotatable bonds is 2. The highest BCUT2D eigenvalue weighted by molar-refractivity contribution is 9.11. The Balaban J connectivity index is 2.42. The third kappa shape index (κ3) is 3.52. The van der Waals surface area contributed by atoms with E-state index in [-0.39, 0.29) is 14.7 Å². The molecule has 0 unspecified atom stereocenters. The molecule has 102 valence electrons. The fourth-order valence-corrected chi connectivity index (χ4v) is 2.28. The van der Waals surface area contributed by atoms with Crippen molar-refractivity contribution < 1.29 is 5.11 Å². The van der Waals surface area contributed by atoms with E-state index in [2.05, 4.69) is 42.1 Å². The molecule has 0 fully saturated rings. The van der Waals surface area contributed by atoms with Crippen molar-refractivity contribution in [1.82, 2.24) is 0 Å². The number of aryl methyl sites for hydroxylation is 1. The minimum absolute atomic E-state index is 0.221. The molecule has 0 aromatic heterocycles. The van der Waals surface area contributed by atoms with Crippen LogP contribution in [0, 0.1) is 6.92 Å². The van der Waals surface area contributed by atoms with Crippen molar-refractivity contribution in [3.05, 3.63) is 61.1 Å². The molecule has 0 radical (unpaired) electrons. The van der Waals surface area contributed by atoms with Gasteiger partial charge in [0.05, 0.1) is 20.3 Å². The van der Waals surface area contributed by atoms with E-state index in [1.807, 2.05) is 31.2 Å². The van der Waals surface area contributed by atoms with Gasteiger partial charge in [-0.15, -0.1) is 0 Å². The lowest BCUT2D eigenvalue weighted by atomic mass is 10.2. The third-order valence-corrected chi connectivity index (χ3v) is 3.72. The van der Waals surface area contributed by atoms with E-state index in [1.165, 1.54) is 12.1 Å². The summed E-state index contributed by atoms with van der Waals surface area (Å²) in [6.07, 6.45) is 0. The Bertz CT molecular complexity index is 728. The number of hydrogen-bond acceptors (Lipinski definition) is 4. The van der Waals surface area contributed by atoms with Crippen LogP contribution in [0.15, 0.2) is 60.4 Å². The molecule has 0 aliphatic heterocycles. The molecule has 0 heterocycles. The molecule has 2 aromatic carbocycles. The van der Waals surface area contributed by atoms with Crippen molar-refractivity contribution >= 4 is 43.2 Å². The predicted molar refractivity (Wildman–Crippen MR) is 85.1 cm³/mol. The van der Waals surface area contributed by atoms with Crippen molar-refractivity contribution in [3.63, 3.8) is 0 Å². The van der Waals surface area contributed by atoms with Gasteiger partial charge < -0.3 is 5.11 Å². The van der Waals surface area contributed by atoms with Gasteiger partial charge in [-0.25, -0.2) is 0 Å². The summed E-state index contributed by atoms with van der Waals surface area (Å²) in [4.78, 5) is 11.7. The number of aromatic hydroxyl groups is 1. The van der Waals surface area contributed by atoms with Crippen LogP contribution in [-0.2, 0) is 0 Å². The van der Waals surface area contributed by atoms with Crippen molar-refractivity contribution in [2.45, 2.75) is 6.92 Å². The van der Waals surface area contributed by atoms with Crippen LogP contribution in [0.1, 0.15) is 5.56 Å². The molecule has 0 saturated heterocycles. The van der Waals surface area contributed by atoms with Crippen molar-refractivity contribution in [2.75, 3.05) is 0 Å². The van der Waals surface area contributed by atoms with Crippen LogP contribution in [0.2, 0.25) is 0 Å². The Morgan fingerprint density at radius 1 is 0.950 bits per heavy atom. The summed E-state index contributed by atoms with van der Waals surface area (Å²) in [6, 6.07) is 10.6. The van der Waals surface area contributed by atoms with Gasteiger partial charge in [-0.05, 0) is 63.0 Å². The lowest BCUT2D eigenvalue weighted by Crippen LogP contribution is -1.96.